The predicted octanol–water partition coefficient (Wildman–Crippen LogP) is 16.7. The molecule has 0 aliphatic rings. The molecule has 0 saturated heterocycles. The molecule has 0 aromatic rings. The maximum Gasteiger partial charge on any atom is 0.306 e. The molecule has 0 saturated carbocycles. The first-order valence-corrected chi connectivity index (χ1v) is 27.8. The molecule has 3 unspecified atom stereocenters. The van der Waals surface area contributed by atoms with Crippen molar-refractivity contribution in [3.05, 3.63) is 0 Å². The molecule has 6 nitrogen and oxygen atoms in total. The van der Waals surface area contributed by atoms with Crippen molar-refractivity contribution in [3.63, 3.8) is 0 Å². The number of carbonyl (C=O) groups is 2. The minimum Gasteiger partial charge on any atom is -0.462 e. The van der Waals surface area contributed by atoms with Crippen molar-refractivity contribution in [2.45, 2.75) is 334 Å². The van der Waals surface area contributed by atoms with Gasteiger partial charge in [0.2, 0.25) is 5.91 Å². The highest BCUT2D eigenvalue weighted by atomic mass is 16.5. The summed E-state index contributed by atoms with van der Waals surface area (Å²) in [4.78, 5) is 26.2. The molecular formula is C55H109NO5. The summed E-state index contributed by atoms with van der Waals surface area (Å²) >= 11 is 0. The molecule has 1 amide bonds. The lowest BCUT2D eigenvalue weighted by Crippen LogP contribution is -2.46. The largest absolute Gasteiger partial charge is 0.462 e. The molecular weight excluding hydrogens is 755 g/mol. The first-order chi connectivity index (χ1) is 30.0. The standard InChI is InChI=1S/C55H109NO5/c1-4-7-10-13-16-19-22-25-27-29-32-35-38-41-44-47-53(58)52(50-57)56-54(59)49-51(46-43-40-37-34-31-28-24-21-18-15-12-9-6-3)61-55(60)48-45-42-39-36-33-30-26-23-20-17-14-11-8-5-2/h51-53,57-58H,4-50H2,1-3H3,(H,56,59). The van der Waals surface area contributed by atoms with Crippen LogP contribution in [0.5, 0.6) is 0 Å². The van der Waals surface area contributed by atoms with Crippen LogP contribution in [0.3, 0.4) is 0 Å². The normalized spacial score (nSPS) is 13.1. The smallest absolute Gasteiger partial charge is 0.306 e. The van der Waals surface area contributed by atoms with Gasteiger partial charge in [-0.25, -0.2) is 0 Å². The Morgan fingerprint density at radius 1 is 0.410 bits per heavy atom. The molecule has 0 aliphatic carbocycles. The predicted molar refractivity (Wildman–Crippen MR) is 264 cm³/mol. The van der Waals surface area contributed by atoms with Gasteiger partial charge in [0.25, 0.3) is 0 Å². The van der Waals surface area contributed by atoms with Crippen molar-refractivity contribution in [1.82, 2.24) is 5.32 Å². The van der Waals surface area contributed by atoms with E-state index in [0.29, 0.717) is 19.3 Å². The lowest BCUT2D eigenvalue weighted by Gasteiger charge is -2.24. The number of carbonyl (C=O) groups excluding carboxylic acids is 2. The minimum atomic E-state index is -0.779. The number of unbranched alkanes of at least 4 members (excludes halogenated alkanes) is 39. The lowest BCUT2D eigenvalue weighted by molar-refractivity contribution is -0.151. The number of ether oxygens (including phenoxy) is 1. The molecule has 0 fully saturated rings. The zero-order valence-electron chi connectivity index (χ0n) is 41.6. The van der Waals surface area contributed by atoms with Crippen LogP contribution in [0.15, 0.2) is 0 Å². The second-order valence-electron chi connectivity index (χ2n) is 19.4. The molecule has 364 valence electrons. The second-order valence-corrected chi connectivity index (χ2v) is 19.4. The Bertz CT molecular complexity index is 882. The van der Waals surface area contributed by atoms with Crippen molar-refractivity contribution in [1.29, 1.82) is 0 Å². The summed E-state index contributed by atoms with van der Waals surface area (Å²) in [7, 11) is 0. The van der Waals surface area contributed by atoms with Gasteiger partial charge in [-0.15, -0.1) is 0 Å². The van der Waals surface area contributed by atoms with Crippen LogP contribution in [0.25, 0.3) is 0 Å². The number of rotatable bonds is 51. The third-order valence-corrected chi connectivity index (χ3v) is 13.2. The quantitative estimate of drug-likeness (QED) is 0.0418. The highest BCUT2D eigenvalue weighted by Crippen LogP contribution is 2.19. The van der Waals surface area contributed by atoms with Gasteiger partial charge in [-0.3, -0.25) is 9.59 Å². The summed E-state index contributed by atoms with van der Waals surface area (Å²) in [5.74, 6) is -0.447. The average molecular weight is 864 g/mol. The van der Waals surface area contributed by atoms with Crippen LogP contribution in [0, 0.1) is 0 Å². The van der Waals surface area contributed by atoms with Gasteiger partial charge >= 0.3 is 5.97 Å². The number of amides is 1. The fourth-order valence-corrected chi connectivity index (χ4v) is 8.96. The van der Waals surface area contributed by atoms with E-state index in [9.17, 15) is 19.8 Å². The Morgan fingerprint density at radius 3 is 1.00 bits per heavy atom. The Morgan fingerprint density at radius 2 is 0.689 bits per heavy atom. The van der Waals surface area contributed by atoms with Gasteiger partial charge in [0.05, 0.1) is 25.2 Å². The van der Waals surface area contributed by atoms with E-state index >= 15 is 0 Å². The SMILES string of the molecule is CCCCCCCCCCCCCCCCCC(O)C(CO)NC(=O)CC(CCCCCCCCCCCCCCC)OC(=O)CCCCCCCCCCCCCCCC. The van der Waals surface area contributed by atoms with Crippen LogP contribution < -0.4 is 5.32 Å². The van der Waals surface area contributed by atoms with Crippen molar-refractivity contribution < 1.29 is 24.5 Å². The molecule has 0 aromatic carbocycles. The van der Waals surface area contributed by atoms with Gasteiger partial charge < -0.3 is 20.3 Å². The van der Waals surface area contributed by atoms with E-state index in [0.717, 1.165) is 38.5 Å². The molecule has 3 atom stereocenters. The monoisotopic (exact) mass is 864 g/mol. The third kappa shape index (κ3) is 45.2. The van der Waals surface area contributed by atoms with E-state index in [1.165, 1.54) is 231 Å². The van der Waals surface area contributed by atoms with Crippen LogP contribution in [0.2, 0.25) is 0 Å². The van der Waals surface area contributed by atoms with E-state index in [1.54, 1.807) is 0 Å². The van der Waals surface area contributed by atoms with Gasteiger partial charge in [-0.05, 0) is 25.7 Å². The Kier molecular flexibility index (Phi) is 48.9. The molecule has 0 aromatic heterocycles. The van der Waals surface area contributed by atoms with Crippen LogP contribution in [0.1, 0.15) is 316 Å². The van der Waals surface area contributed by atoms with Crippen LogP contribution in [-0.2, 0) is 14.3 Å². The molecule has 0 rings (SSSR count). The summed E-state index contributed by atoms with van der Waals surface area (Å²) in [6.07, 6.45) is 54.5. The summed E-state index contributed by atoms with van der Waals surface area (Å²) < 4.78 is 5.95. The van der Waals surface area contributed by atoms with Gasteiger partial charge in [-0.2, -0.15) is 0 Å². The number of aliphatic hydroxyl groups excluding tert-OH is 2. The zero-order valence-corrected chi connectivity index (χ0v) is 41.6. The molecule has 3 N–H and O–H groups in total. The first-order valence-electron chi connectivity index (χ1n) is 27.8. The van der Waals surface area contributed by atoms with Crippen LogP contribution in [-0.4, -0.2) is 46.9 Å². The third-order valence-electron chi connectivity index (χ3n) is 13.2. The summed E-state index contributed by atoms with van der Waals surface area (Å²) in [6, 6.07) is -0.692. The summed E-state index contributed by atoms with van der Waals surface area (Å²) in [5.41, 5.74) is 0. The van der Waals surface area contributed by atoms with Crippen LogP contribution >= 0.6 is 0 Å². The zero-order chi connectivity index (χ0) is 44.5. The maximum atomic E-state index is 13.2. The summed E-state index contributed by atoms with van der Waals surface area (Å²) in [5, 5.41) is 23.8. The van der Waals surface area contributed by atoms with Crippen molar-refractivity contribution in [3.8, 4) is 0 Å². The Hall–Kier alpha value is -1.14. The van der Waals surface area contributed by atoms with E-state index in [1.807, 2.05) is 0 Å². The number of aliphatic hydroxyl groups is 2. The minimum absolute atomic E-state index is 0.0882. The second kappa shape index (κ2) is 49.9. The van der Waals surface area contributed by atoms with E-state index in [4.69, 9.17) is 4.74 Å². The number of hydrogen-bond acceptors (Lipinski definition) is 5. The van der Waals surface area contributed by atoms with Crippen molar-refractivity contribution in [2.75, 3.05) is 6.61 Å². The average Bonchev–Trinajstić information content (AvgIpc) is 3.25. The van der Waals surface area contributed by atoms with Crippen LogP contribution in [0.4, 0.5) is 0 Å². The molecule has 0 aliphatic heterocycles. The van der Waals surface area contributed by atoms with Gasteiger partial charge in [0, 0.05) is 6.42 Å². The molecule has 0 radical (unpaired) electrons. The van der Waals surface area contributed by atoms with Crippen molar-refractivity contribution >= 4 is 11.9 Å². The fourth-order valence-electron chi connectivity index (χ4n) is 8.96. The molecule has 6 heteroatoms. The topological polar surface area (TPSA) is 95.9 Å². The summed E-state index contributed by atoms with van der Waals surface area (Å²) in [6.45, 7) is 6.53. The fraction of sp³-hybridized carbons (Fsp3) is 0.964. The highest BCUT2D eigenvalue weighted by molar-refractivity contribution is 5.77. The van der Waals surface area contributed by atoms with E-state index < -0.39 is 18.2 Å². The maximum absolute atomic E-state index is 13.2. The Balaban J connectivity index is 4.47. The Labute approximate surface area is 381 Å². The molecule has 0 bridgehead atoms. The first kappa shape index (κ1) is 59.9. The van der Waals surface area contributed by atoms with Gasteiger partial charge in [-0.1, -0.05) is 278 Å². The lowest BCUT2D eigenvalue weighted by atomic mass is 10.0. The number of hydrogen-bond donors (Lipinski definition) is 3. The van der Waals surface area contributed by atoms with E-state index in [-0.39, 0.29) is 24.9 Å². The number of esters is 1. The number of nitrogens with one attached hydrogen (secondary N) is 1. The molecule has 0 spiro atoms. The van der Waals surface area contributed by atoms with E-state index in [2.05, 4.69) is 26.1 Å². The van der Waals surface area contributed by atoms with Gasteiger partial charge in [0.1, 0.15) is 6.10 Å². The molecule has 0 heterocycles. The highest BCUT2D eigenvalue weighted by Gasteiger charge is 2.24. The van der Waals surface area contributed by atoms with Gasteiger partial charge in [0.15, 0.2) is 0 Å². The molecule has 61 heavy (non-hydrogen) atoms. The van der Waals surface area contributed by atoms with Crippen molar-refractivity contribution in [2.24, 2.45) is 0 Å².